The van der Waals surface area contributed by atoms with E-state index in [0.717, 1.165) is 11.3 Å². The first-order valence-electron chi connectivity index (χ1n) is 3.89. The summed E-state index contributed by atoms with van der Waals surface area (Å²) in [5.41, 5.74) is 1.86. The molecule has 0 saturated heterocycles. The SMILES string of the molecule is CN(C)c1ccc(F)cc1/C=C/Br. The predicted octanol–water partition coefficient (Wildman–Crippen LogP) is 3.26. The van der Waals surface area contributed by atoms with Crippen LogP contribution in [0.15, 0.2) is 23.2 Å². The highest BCUT2D eigenvalue weighted by Crippen LogP contribution is 2.21. The second-order valence-corrected chi connectivity index (χ2v) is 3.42. The smallest absolute Gasteiger partial charge is 0.123 e. The molecule has 0 atom stereocenters. The lowest BCUT2D eigenvalue weighted by atomic mass is 10.1. The highest BCUT2D eigenvalue weighted by Gasteiger charge is 2.02. The zero-order chi connectivity index (χ0) is 9.84. The summed E-state index contributed by atoms with van der Waals surface area (Å²) in [6, 6.07) is 4.73. The van der Waals surface area contributed by atoms with Crippen LogP contribution < -0.4 is 4.90 Å². The summed E-state index contributed by atoms with van der Waals surface area (Å²) >= 11 is 3.17. The van der Waals surface area contributed by atoms with E-state index in [9.17, 15) is 4.39 Å². The topological polar surface area (TPSA) is 3.24 Å². The monoisotopic (exact) mass is 243 g/mol. The molecular formula is C10H11BrFN. The Hall–Kier alpha value is -0.830. The Balaban J connectivity index is 3.18. The van der Waals surface area contributed by atoms with E-state index in [1.165, 1.54) is 12.1 Å². The van der Waals surface area contributed by atoms with Crippen LogP contribution in [-0.2, 0) is 0 Å². The van der Waals surface area contributed by atoms with Crippen molar-refractivity contribution >= 4 is 27.7 Å². The molecule has 0 radical (unpaired) electrons. The molecule has 1 aromatic rings. The third-order valence-electron chi connectivity index (χ3n) is 1.71. The number of hydrogen-bond donors (Lipinski definition) is 0. The van der Waals surface area contributed by atoms with Crippen molar-refractivity contribution in [2.24, 2.45) is 0 Å². The molecular weight excluding hydrogens is 233 g/mol. The molecule has 0 spiro atoms. The van der Waals surface area contributed by atoms with Crippen LogP contribution in [0.1, 0.15) is 5.56 Å². The molecule has 3 heteroatoms. The van der Waals surface area contributed by atoms with Crippen molar-refractivity contribution in [2.45, 2.75) is 0 Å². The van der Waals surface area contributed by atoms with Gasteiger partial charge < -0.3 is 4.90 Å². The first kappa shape index (κ1) is 10.3. The molecule has 0 saturated carbocycles. The van der Waals surface area contributed by atoms with Gasteiger partial charge in [-0.15, -0.1) is 0 Å². The van der Waals surface area contributed by atoms with Crippen molar-refractivity contribution in [2.75, 3.05) is 19.0 Å². The Morgan fingerprint density at radius 1 is 1.38 bits per heavy atom. The molecule has 0 amide bonds. The summed E-state index contributed by atoms with van der Waals surface area (Å²) in [5.74, 6) is -0.216. The van der Waals surface area contributed by atoms with Gasteiger partial charge in [-0.25, -0.2) is 4.39 Å². The molecule has 0 N–H and O–H groups in total. The number of hydrogen-bond acceptors (Lipinski definition) is 1. The van der Waals surface area contributed by atoms with Crippen LogP contribution in [0.25, 0.3) is 6.08 Å². The van der Waals surface area contributed by atoms with E-state index in [-0.39, 0.29) is 5.82 Å². The fourth-order valence-electron chi connectivity index (χ4n) is 1.13. The third kappa shape index (κ3) is 2.56. The normalized spacial score (nSPS) is 10.8. The summed E-state index contributed by atoms with van der Waals surface area (Å²) in [6.07, 6.45) is 1.82. The van der Waals surface area contributed by atoms with Crippen LogP contribution in [0.3, 0.4) is 0 Å². The van der Waals surface area contributed by atoms with Crippen molar-refractivity contribution in [1.82, 2.24) is 0 Å². The second-order valence-electron chi connectivity index (χ2n) is 2.89. The highest BCUT2D eigenvalue weighted by molar-refractivity contribution is 9.11. The Bertz CT molecular complexity index is 321. The molecule has 0 aliphatic carbocycles. The fraction of sp³-hybridized carbons (Fsp3) is 0.200. The zero-order valence-electron chi connectivity index (χ0n) is 7.59. The van der Waals surface area contributed by atoms with Crippen molar-refractivity contribution in [3.8, 4) is 0 Å². The maximum atomic E-state index is 12.9. The lowest BCUT2D eigenvalue weighted by Gasteiger charge is -2.15. The van der Waals surface area contributed by atoms with Gasteiger partial charge in [0.2, 0.25) is 0 Å². The maximum Gasteiger partial charge on any atom is 0.123 e. The Morgan fingerprint density at radius 3 is 2.62 bits per heavy atom. The lowest BCUT2D eigenvalue weighted by molar-refractivity contribution is 0.627. The third-order valence-corrected chi connectivity index (χ3v) is 1.98. The molecule has 70 valence electrons. The summed E-state index contributed by atoms with van der Waals surface area (Å²) < 4.78 is 12.9. The zero-order valence-corrected chi connectivity index (χ0v) is 9.18. The maximum absolute atomic E-state index is 12.9. The predicted molar refractivity (Wildman–Crippen MR) is 58.7 cm³/mol. The minimum absolute atomic E-state index is 0.216. The van der Waals surface area contributed by atoms with Crippen LogP contribution in [-0.4, -0.2) is 14.1 Å². The molecule has 13 heavy (non-hydrogen) atoms. The standard InChI is InChI=1S/C10H11BrFN/c1-13(2)10-4-3-9(12)7-8(10)5-6-11/h3-7H,1-2H3/b6-5+. The molecule has 0 fully saturated rings. The number of anilines is 1. The van der Waals surface area contributed by atoms with E-state index in [1.54, 1.807) is 11.1 Å². The van der Waals surface area contributed by atoms with E-state index in [2.05, 4.69) is 15.9 Å². The molecule has 0 bridgehead atoms. The lowest BCUT2D eigenvalue weighted by Crippen LogP contribution is -2.10. The molecule has 0 aromatic heterocycles. The highest BCUT2D eigenvalue weighted by atomic mass is 79.9. The van der Waals surface area contributed by atoms with Gasteiger partial charge in [-0.05, 0) is 29.3 Å². The summed E-state index contributed by atoms with van der Waals surface area (Å²) in [4.78, 5) is 3.66. The minimum Gasteiger partial charge on any atom is -0.377 e. The van der Waals surface area contributed by atoms with Gasteiger partial charge in [-0.1, -0.05) is 15.9 Å². The van der Waals surface area contributed by atoms with E-state index < -0.39 is 0 Å². The van der Waals surface area contributed by atoms with Crippen molar-refractivity contribution in [3.05, 3.63) is 34.6 Å². The van der Waals surface area contributed by atoms with Crippen LogP contribution in [0.4, 0.5) is 10.1 Å². The number of halogens is 2. The van der Waals surface area contributed by atoms with Gasteiger partial charge in [0, 0.05) is 25.3 Å². The Labute approximate surface area is 86.0 Å². The number of nitrogens with zero attached hydrogens (tertiary/aromatic N) is 1. The first-order chi connectivity index (χ1) is 6.15. The summed E-state index contributed by atoms with van der Waals surface area (Å²) in [5, 5.41) is 0. The van der Waals surface area contributed by atoms with Gasteiger partial charge in [-0.2, -0.15) is 0 Å². The van der Waals surface area contributed by atoms with E-state index in [0.29, 0.717) is 0 Å². The molecule has 1 nitrogen and oxygen atoms in total. The average molecular weight is 244 g/mol. The summed E-state index contributed by atoms with van der Waals surface area (Å²) in [6.45, 7) is 0. The van der Waals surface area contributed by atoms with Gasteiger partial charge in [0.25, 0.3) is 0 Å². The van der Waals surface area contributed by atoms with Gasteiger partial charge in [0.1, 0.15) is 5.82 Å². The molecule has 0 aliphatic rings. The van der Waals surface area contributed by atoms with Crippen LogP contribution in [0.2, 0.25) is 0 Å². The van der Waals surface area contributed by atoms with Crippen molar-refractivity contribution < 1.29 is 4.39 Å². The van der Waals surface area contributed by atoms with Crippen LogP contribution >= 0.6 is 15.9 Å². The van der Waals surface area contributed by atoms with Gasteiger partial charge in [0.15, 0.2) is 0 Å². The van der Waals surface area contributed by atoms with Gasteiger partial charge in [-0.3, -0.25) is 0 Å². The van der Waals surface area contributed by atoms with E-state index in [4.69, 9.17) is 0 Å². The average Bonchev–Trinajstić information content (AvgIpc) is 2.04. The molecule has 0 aliphatic heterocycles. The second kappa shape index (κ2) is 4.42. The van der Waals surface area contributed by atoms with Gasteiger partial charge >= 0.3 is 0 Å². The van der Waals surface area contributed by atoms with E-state index >= 15 is 0 Å². The summed E-state index contributed by atoms with van der Waals surface area (Å²) in [7, 11) is 3.86. The molecule has 1 aromatic carbocycles. The fourth-order valence-corrected chi connectivity index (χ4v) is 1.42. The molecule has 0 unspecified atom stereocenters. The molecule has 1 rings (SSSR count). The van der Waals surface area contributed by atoms with Crippen LogP contribution in [0.5, 0.6) is 0 Å². The van der Waals surface area contributed by atoms with Crippen molar-refractivity contribution in [3.63, 3.8) is 0 Å². The number of rotatable bonds is 2. The van der Waals surface area contributed by atoms with Gasteiger partial charge in [0.05, 0.1) is 0 Å². The largest absolute Gasteiger partial charge is 0.377 e. The quantitative estimate of drug-likeness (QED) is 0.771. The van der Waals surface area contributed by atoms with Crippen LogP contribution in [0, 0.1) is 5.82 Å². The van der Waals surface area contributed by atoms with Crippen molar-refractivity contribution in [1.29, 1.82) is 0 Å². The first-order valence-corrected chi connectivity index (χ1v) is 4.80. The Morgan fingerprint density at radius 2 is 2.08 bits per heavy atom. The van der Waals surface area contributed by atoms with E-state index in [1.807, 2.05) is 25.1 Å². The minimum atomic E-state index is -0.216. The molecule has 0 heterocycles. The number of benzene rings is 1. The Kier molecular flexibility index (Phi) is 3.48.